The Morgan fingerprint density at radius 1 is 1.21 bits per heavy atom. The van der Waals surface area contributed by atoms with Gasteiger partial charge in [0.1, 0.15) is 5.75 Å². The van der Waals surface area contributed by atoms with Crippen LogP contribution in [0.25, 0.3) is 0 Å². The number of sulfone groups is 1. The van der Waals surface area contributed by atoms with E-state index in [1.54, 1.807) is 30.3 Å². The molecule has 1 heterocycles. The van der Waals surface area contributed by atoms with Gasteiger partial charge in [-0.3, -0.25) is 9.59 Å². The van der Waals surface area contributed by atoms with Gasteiger partial charge in [0.25, 0.3) is 0 Å². The second-order valence-corrected chi connectivity index (χ2v) is 9.62. The third-order valence-corrected chi connectivity index (χ3v) is 7.01. The fourth-order valence-electron chi connectivity index (χ4n) is 2.76. The van der Waals surface area contributed by atoms with Crippen molar-refractivity contribution in [1.29, 1.82) is 0 Å². The van der Waals surface area contributed by atoms with Crippen molar-refractivity contribution in [3.8, 4) is 5.75 Å². The van der Waals surface area contributed by atoms with Gasteiger partial charge in [0.05, 0.1) is 22.9 Å². The molecule has 7 nitrogen and oxygen atoms in total. The molecular weight excluding hydrogens is 412 g/mol. The molecule has 1 aliphatic rings. The van der Waals surface area contributed by atoms with Crippen LogP contribution in [0.1, 0.15) is 19.8 Å². The number of amides is 2. The van der Waals surface area contributed by atoms with Crippen LogP contribution in [0.2, 0.25) is 0 Å². The van der Waals surface area contributed by atoms with Gasteiger partial charge >= 0.3 is 0 Å². The van der Waals surface area contributed by atoms with Gasteiger partial charge in [-0.05, 0) is 49.4 Å². The summed E-state index contributed by atoms with van der Waals surface area (Å²) in [4.78, 5) is 24.8. The highest BCUT2D eigenvalue weighted by Gasteiger charge is 2.20. The Balaban J connectivity index is 1.62. The van der Waals surface area contributed by atoms with Crippen molar-refractivity contribution in [2.24, 2.45) is 0 Å². The Bertz CT molecular complexity index is 1000. The van der Waals surface area contributed by atoms with E-state index in [2.05, 4.69) is 10.6 Å². The standard InChI is InChI=1S/C20H22N2O5S2/c1-2-27-15-5-3-14(4-6-15)21-20(24)10-12-29(25,26)16-7-8-18-17(13-16)22-19(23)9-11-28-18/h3-8,13H,2,9-12H2,1H3,(H,21,24)(H,22,23). The summed E-state index contributed by atoms with van der Waals surface area (Å²) in [5, 5.41) is 5.41. The van der Waals surface area contributed by atoms with Crippen LogP contribution >= 0.6 is 11.8 Å². The zero-order valence-electron chi connectivity index (χ0n) is 15.9. The van der Waals surface area contributed by atoms with Crippen molar-refractivity contribution in [3.05, 3.63) is 42.5 Å². The first-order valence-electron chi connectivity index (χ1n) is 9.19. The second-order valence-electron chi connectivity index (χ2n) is 6.38. The van der Waals surface area contributed by atoms with Crippen molar-refractivity contribution in [2.75, 3.05) is 28.7 Å². The van der Waals surface area contributed by atoms with E-state index in [9.17, 15) is 18.0 Å². The Labute approximate surface area is 174 Å². The molecule has 1 aliphatic heterocycles. The van der Waals surface area contributed by atoms with Crippen molar-refractivity contribution >= 4 is 44.8 Å². The largest absolute Gasteiger partial charge is 0.494 e. The van der Waals surface area contributed by atoms with Gasteiger partial charge in [-0.1, -0.05) is 0 Å². The lowest BCUT2D eigenvalue weighted by atomic mass is 10.3. The molecule has 29 heavy (non-hydrogen) atoms. The predicted molar refractivity (Wildman–Crippen MR) is 113 cm³/mol. The number of hydrogen-bond acceptors (Lipinski definition) is 6. The van der Waals surface area contributed by atoms with Crippen LogP contribution in [0.4, 0.5) is 11.4 Å². The van der Waals surface area contributed by atoms with E-state index in [1.165, 1.54) is 23.9 Å². The molecule has 9 heteroatoms. The van der Waals surface area contributed by atoms with Crippen LogP contribution in [0.15, 0.2) is 52.3 Å². The summed E-state index contributed by atoms with van der Waals surface area (Å²) in [6.45, 7) is 2.43. The van der Waals surface area contributed by atoms with Gasteiger partial charge < -0.3 is 15.4 Å². The van der Waals surface area contributed by atoms with Crippen molar-refractivity contribution in [3.63, 3.8) is 0 Å². The molecule has 0 saturated heterocycles. The van der Waals surface area contributed by atoms with E-state index in [0.717, 1.165) is 4.90 Å². The summed E-state index contributed by atoms with van der Waals surface area (Å²) in [6.07, 6.45) is 0.209. The maximum absolute atomic E-state index is 12.6. The number of benzene rings is 2. The topological polar surface area (TPSA) is 102 Å². The Hall–Kier alpha value is -2.52. The highest BCUT2D eigenvalue weighted by atomic mass is 32.2. The number of anilines is 2. The van der Waals surface area contributed by atoms with Gasteiger partial charge in [0.2, 0.25) is 11.8 Å². The lowest BCUT2D eigenvalue weighted by Crippen LogP contribution is -2.17. The van der Waals surface area contributed by atoms with Crippen LogP contribution in [0.3, 0.4) is 0 Å². The molecular formula is C20H22N2O5S2. The SMILES string of the molecule is CCOc1ccc(NC(=O)CCS(=O)(=O)c2ccc3c(c2)NC(=O)CCS3)cc1. The molecule has 3 rings (SSSR count). The molecule has 154 valence electrons. The van der Waals surface area contributed by atoms with Crippen LogP contribution in [-0.4, -0.2) is 38.3 Å². The summed E-state index contributed by atoms with van der Waals surface area (Å²) in [5.41, 5.74) is 1.07. The molecule has 0 aromatic heterocycles. The molecule has 0 radical (unpaired) electrons. The van der Waals surface area contributed by atoms with Gasteiger partial charge in [-0.2, -0.15) is 0 Å². The maximum atomic E-state index is 12.6. The van der Waals surface area contributed by atoms with Crippen molar-refractivity contribution < 1.29 is 22.7 Å². The molecule has 0 saturated carbocycles. The molecule has 0 bridgehead atoms. The summed E-state index contributed by atoms with van der Waals surface area (Å²) in [5.74, 6) is 0.491. The number of hydrogen-bond donors (Lipinski definition) is 2. The minimum Gasteiger partial charge on any atom is -0.494 e. The Morgan fingerprint density at radius 3 is 2.69 bits per heavy atom. The van der Waals surface area contributed by atoms with E-state index in [4.69, 9.17) is 4.74 Å². The first-order chi connectivity index (χ1) is 13.9. The van der Waals surface area contributed by atoms with Crippen LogP contribution < -0.4 is 15.4 Å². The zero-order valence-corrected chi connectivity index (χ0v) is 17.6. The fourth-order valence-corrected chi connectivity index (χ4v) is 4.96. The van der Waals surface area contributed by atoms with Gasteiger partial charge in [0.15, 0.2) is 9.84 Å². The number of carbonyl (C=O) groups excluding carboxylic acids is 2. The average Bonchev–Trinajstić information content (AvgIpc) is 2.88. The van der Waals surface area contributed by atoms with E-state index in [0.29, 0.717) is 35.9 Å². The number of ether oxygens (including phenoxy) is 1. The lowest BCUT2D eigenvalue weighted by Gasteiger charge is -2.10. The van der Waals surface area contributed by atoms with Gasteiger partial charge in [-0.25, -0.2) is 8.42 Å². The normalized spacial score (nSPS) is 13.8. The van der Waals surface area contributed by atoms with E-state index < -0.39 is 15.7 Å². The Kier molecular flexibility index (Phi) is 6.81. The number of rotatable bonds is 7. The van der Waals surface area contributed by atoms with Gasteiger partial charge in [0, 0.05) is 29.2 Å². The van der Waals surface area contributed by atoms with Gasteiger partial charge in [-0.15, -0.1) is 11.8 Å². The molecule has 2 N–H and O–H groups in total. The third-order valence-electron chi connectivity index (χ3n) is 4.22. The third kappa shape index (κ3) is 5.74. The minimum absolute atomic E-state index is 0.0907. The predicted octanol–water partition coefficient (Wildman–Crippen LogP) is 3.32. The summed E-state index contributed by atoms with van der Waals surface area (Å²) in [6, 6.07) is 11.5. The number of thioether (sulfide) groups is 1. The van der Waals surface area contributed by atoms with E-state index in [1.807, 2.05) is 6.92 Å². The number of nitrogens with one attached hydrogen (secondary N) is 2. The summed E-state index contributed by atoms with van der Waals surface area (Å²) in [7, 11) is -3.67. The monoisotopic (exact) mass is 434 g/mol. The number of carbonyl (C=O) groups is 2. The second kappa shape index (κ2) is 9.32. The minimum atomic E-state index is -3.67. The van der Waals surface area contributed by atoms with Crippen molar-refractivity contribution in [2.45, 2.75) is 29.6 Å². The molecule has 0 spiro atoms. The van der Waals surface area contributed by atoms with Crippen LogP contribution in [-0.2, 0) is 19.4 Å². The van der Waals surface area contributed by atoms with Crippen molar-refractivity contribution in [1.82, 2.24) is 0 Å². The molecule has 2 amide bonds. The highest BCUT2D eigenvalue weighted by molar-refractivity contribution is 7.99. The first-order valence-corrected chi connectivity index (χ1v) is 11.8. The highest BCUT2D eigenvalue weighted by Crippen LogP contribution is 2.33. The van der Waals surface area contributed by atoms with E-state index in [-0.39, 0.29) is 23.0 Å². The quantitative estimate of drug-likeness (QED) is 0.693. The maximum Gasteiger partial charge on any atom is 0.225 e. The zero-order chi connectivity index (χ0) is 20.9. The smallest absolute Gasteiger partial charge is 0.225 e. The first kappa shape index (κ1) is 21.2. The molecule has 0 atom stereocenters. The summed E-state index contributed by atoms with van der Waals surface area (Å²) < 4.78 is 30.6. The molecule has 2 aromatic rings. The Morgan fingerprint density at radius 2 is 1.97 bits per heavy atom. The number of fused-ring (bicyclic) bond motifs is 1. The van der Waals surface area contributed by atoms with Crippen LogP contribution in [0.5, 0.6) is 5.75 Å². The molecule has 0 fully saturated rings. The van der Waals surface area contributed by atoms with Crippen LogP contribution in [0, 0.1) is 0 Å². The molecule has 2 aromatic carbocycles. The van der Waals surface area contributed by atoms with E-state index >= 15 is 0 Å². The molecule has 0 unspecified atom stereocenters. The fraction of sp³-hybridized carbons (Fsp3) is 0.300. The average molecular weight is 435 g/mol. The molecule has 0 aliphatic carbocycles. The summed E-state index contributed by atoms with van der Waals surface area (Å²) >= 11 is 1.50. The lowest BCUT2D eigenvalue weighted by molar-refractivity contribution is -0.116.